The maximum Gasteiger partial charge on any atom is 0.248 e. The number of rotatable bonds is 11. The number of amides is 1. The van der Waals surface area contributed by atoms with Crippen molar-refractivity contribution in [3.8, 4) is 5.75 Å². The summed E-state index contributed by atoms with van der Waals surface area (Å²) in [6, 6.07) is 11.6. The van der Waals surface area contributed by atoms with E-state index in [0.717, 1.165) is 24.2 Å². The van der Waals surface area contributed by atoms with Gasteiger partial charge >= 0.3 is 0 Å². The molecule has 1 aliphatic heterocycles. The number of hydrogen-bond donors (Lipinski definition) is 2. The maximum absolute atomic E-state index is 13.1. The molecule has 0 radical (unpaired) electrons. The number of methoxy groups -OCH3 is 1. The van der Waals surface area contributed by atoms with Crippen molar-refractivity contribution in [2.45, 2.75) is 37.9 Å². The summed E-state index contributed by atoms with van der Waals surface area (Å²) in [5.74, 6) is 0.447. The number of sulfonamides is 1. The van der Waals surface area contributed by atoms with E-state index < -0.39 is 10.0 Å². The van der Waals surface area contributed by atoms with Gasteiger partial charge in [-0.15, -0.1) is 0 Å². The predicted molar refractivity (Wildman–Crippen MR) is 139 cm³/mol. The normalized spacial score (nSPS) is 15.3. The van der Waals surface area contributed by atoms with Gasteiger partial charge in [0.25, 0.3) is 0 Å². The van der Waals surface area contributed by atoms with Crippen LogP contribution in [-0.4, -0.2) is 77.6 Å². The van der Waals surface area contributed by atoms with Crippen LogP contribution in [0.25, 0.3) is 0 Å². The molecule has 9 nitrogen and oxygen atoms in total. The average molecular weight is 519 g/mol. The van der Waals surface area contributed by atoms with Crippen LogP contribution in [0.3, 0.4) is 0 Å². The fraction of sp³-hybridized carbons (Fsp3) is 0.500. The molecule has 0 bridgehead atoms. The monoisotopic (exact) mass is 518 g/mol. The van der Waals surface area contributed by atoms with Crippen molar-refractivity contribution >= 4 is 15.9 Å². The number of nitrogens with one attached hydrogen (secondary N) is 2. The van der Waals surface area contributed by atoms with Crippen molar-refractivity contribution in [2.24, 2.45) is 0 Å². The summed E-state index contributed by atoms with van der Waals surface area (Å²) in [4.78, 5) is 14.4. The Balaban J connectivity index is 1.47. The fourth-order valence-corrected chi connectivity index (χ4v) is 5.93. The molecule has 2 aromatic rings. The molecule has 0 aromatic heterocycles. The van der Waals surface area contributed by atoms with Crippen molar-refractivity contribution in [1.82, 2.24) is 19.8 Å². The summed E-state index contributed by atoms with van der Waals surface area (Å²) in [7, 11) is 1.08. The Kier molecular flexibility index (Phi) is 9.13. The topological polar surface area (TPSA) is 100 Å². The van der Waals surface area contributed by atoms with E-state index in [2.05, 4.69) is 29.7 Å². The fourth-order valence-electron chi connectivity index (χ4n) is 4.37. The summed E-state index contributed by atoms with van der Waals surface area (Å²) < 4.78 is 38.2. The molecule has 198 valence electrons. The molecule has 2 N–H and O–H groups in total. The Morgan fingerprint density at radius 2 is 1.64 bits per heavy atom. The molecule has 1 saturated heterocycles. The molecule has 0 spiro atoms. The molecular formula is C26H38N4O5S. The SMILES string of the molecule is COc1cc(C)c(S(=O)(=O)N(C)CCOCC(=O)N(C)Cc2ccc(C3(C)NCCN3)cc2)c(C)c1. The average Bonchev–Trinajstić information content (AvgIpc) is 3.28. The summed E-state index contributed by atoms with van der Waals surface area (Å²) in [5.41, 5.74) is 3.19. The molecule has 0 saturated carbocycles. The molecule has 2 aromatic carbocycles. The van der Waals surface area contributed by atoms with Gasteiger partial charge in [-0.25, -0.2) is 8.42 Å². The number of aryl methyl sites for hydroxylation is 2. The van der Waals surface area contributed by atoms with Crippen LogP contribution in [-0.2, 0) is 31.8 Å². The van der Waals surface area contributed by atoms with E-state index in [0.29, 0.717) is 23.4 Å². The molecule has 0 atom stereocenters. The van der Waals surface area contributed by atoms with Gasteiger partial charge < -0.3 is 14.4 Å². The van der Waals surface area contributed by atoms with E-state index in [1.165, 1.54) is 11.4 Å². The number of benzene rings is 2. The largest absolute Gasteiger partial charge is 0.497 e. The predicted octanol–water partition coefficient (Wildman–Crippen LogP) is 1.97. The molecule has 1 amide bonds. The Morgan fingerprint density at radius 1 is 1.06 bits per heavy atom. The quantitative estimate of drug-likeness (QED) is 0.439. The number of ether oxygens (including phenoxy) is 2. The first-order valence-electron chi connectivity index (χ1n) is 12.0. The number of hydrogen-bond acceptors (Lipinski definition) is 7. The van der Waals surface area contributed by atoms with Gasteiger partial charge in [0.15, 0.2) is 0 Å². The summed E-state index contributed by atoms with van der Waals surface area (Å²) in [6.45, 7) is 8.05. The second kappa shape index (κ2) is 11.7. The second-order valence-electron chi connectivity index (χ2n) is 9.39. The summed E-state index contributed by atoms with van der Waals surface area (Å²) in [6.07, 6.45) is 0. The Bertz CT molecular complexity index is 1140. The molecule has 0 unspecified atom stereocenters. The van der Waals surface area contributed by atoms with Crippen molar-refractivity contribution in [3.05, 3.63) is 58.7 Å². The lowest BCUT2D eigenvalue weighted by atomic mass is 10.0. The van der Waals surface area contributed by atoms with Crippen LogP contribution >= 0.6 is 0 Å². The maximum atomic E-state index is 13.1. The molecule has 3 rings (SSSR count). The van der Waals surface area contributed by atoms with Crippen LogP contribution in [0, 0.1) is 13.8 Å². The zero-order valence-corrected chi connectivity index (χ0v) is 22.9. The first kappa shape index (κ1) is 28.1. The zero-order valence-electron chi connectivity index (χ0n) is 22.1. The molecule has 1 heterocycles. The van der Waals surface area contributed by atoms with E-state index in [4.69, 9.17) is 9.47 Å². The van der Waals surface area contributed by atoms with Gasteiger partial charge in [-0.2, -0.15) is 4.31 Å². The number of likely N-dealkylation sites (N-methyl/N-ethyl adjacent to an activating group) is 2. The lowest BCUT2D eigenvalue weighted by molar-refractivity contribution is -0.135. The van der Waals surface area contributed by atoms with Crippen LogP contribution in [0.1, 0.15) is 29.2 Å². The Hall–Kier alpha value is -2.50. The molecule has 10 heteroatoms. The van der Waals surface area contributed by atoms with Gasteiger partial charge in [0.2, 0.25) is 15.9 Å². The van der Waals surface area contributed by atoms with Crippen LogP contribution in [0.2, 0.25) is 0 Å². The highest BCUT2D eigenvalue weighted by Gasteiger charge is 2.29. The van der Waals surface area contributed by atoms with Gasteiger partial charge in [-0.1, -0.05) is 24.3 Å². The lowest BCUT2D eigenvalue weighted by Gasteiger charge is -2.26. The minimum Gasteiger partial charge on any atom is -0.497 e. The third kappa shape index (κ3) is 6.43. The molecule has 1 aliphatic rings. The zero-order chi connectivity index (χ0) is 26.5. The molecule has 36 heavy (non-hydrogen) atoms. The van der Waals surface area contributed by atoms with Gasteiger partial charge in [-0.3, -0.25) is 15.4 Å². The highest BCUT2D eigenvalue weighted by Crippen LogP contribution is 2.27. The van der Waals surface area contributed by atoms with Crippen LogP contribution in [0.4, 0.5) is 0 Å². The second-order valence-corrected chi connectivity index (χ2v) is 11.4. The summed E-state index contributed by atoms with van der Waals surface area (Å²) >= 11 is 0. The van der Waals surface area contributed by atoms with E-state index >= 15 is 0 Å². The van der Waals surface area contributed by atoms with Gasteiger partial charge in [0.1, 0.15) is 12.4 Å². The standard InChI is InChI=1S/C26H38N4O5S/c1-19-15-23(34-6)16-20(2)25(19)36(32,33)30(5)13-14-35-18-24(31)29(4)17-21-7-9-22(10-8-21)26(3)27-11-12-28-26/h7-10,15-16,27-28H,11-14,17-18H2,1-6H3. The van der Waals surface area contributed by atoms with E-state index in [1.807, 2.05) is 12.1 Å². The highest BCUT2D eigenvalue weighted by atomic mass is 32.2. The van der Waals surface area contributed by atoms with E-state index in [-0.39, 0.29) is 36.2 Å². The first-order valence-corrected chi connectivity index (χ1v) is 13.4. The third-order valence-electron chi connectivity index (χ3n) is 6.57. The smallest absolute Gasteiger partial charge is 0.248 e. The van der Waals surface area contributed by atoms with Gasteiger partial charge in [-0.05, 0) is 55.2 Å². The molecular weight excluding hydrogens is 480 g/mol. The van der Waals surface area contributed by atoms with Crippen LogP contribution in [0.5, 0.6) is 5.75 Å². The highest BCUT2D eigenvalue weighted by molar-refractivity contribution is 7.89. The molecule has 0 aliphatic carbocycles. The van der Waals surface area contributed by atoms with Crippen LogP contribution in [0.15, 0.2) is 41.3 Å². The lowest BCUT2D eigenvalue weighted by Crippen LogP contribution is -2.42. The number of carbonyl (C=O) groups excluding carboxylic acids is 1. The van der Waals surface area contributed by atoms with Crippen molar-refractivity contribution < 1.29 is 22.7 Å². The number of nitrogens with zero attached hydrogens (tertiary/aromatic N) is 2. The van der Waals surface area contributed by atoms with E-state index in [1.54, 1.807) is 45.0 Å². The Morgan fingerprint density at radius 3 is 2.19 bits per heavy atom. The summed E-state index contributed by atoms with van der Waals surface area (Å²) in [5, 5.41) is 6.91. The van der Waals surface area contributed by atoms with Crippen molar-refractivity contribution in [3.63, 3.8) is 0 Å². The van der Waals surface area contributed by atoms with Gasteiger partial charge in [0, 0.05) is 40.3 Å². The third-order valence-corrected chi connectivity index (χ3v) is 8.74. The Labute approximate surface area is 214 Å². The van der Waals surface area contributed by atoms with Gasteiger partial charge in [0.05, 0.1) is 24.3 Å². The van der Waals surface area contributed by atoms with Crippen molar-refractivity contribution in [1.29, 1.82) is 0 Å². The van der Waals surface area contributed by atoms with Crippen molar-refractivity contribution in [2.75, 3.05) is 54.1 Å². The van der Waals surface area contributed by atoms with Crippen LogP contribution < -0.4 is 15.4 Å². The first-order chi connectivity index (χ1) is 17.0. The minimum atomic E-state index is -3.70. The minimum absolute atomic E-state index is 0.108. The number of carbonyl (C=O) groups is 1. The molecule has 1 fully saturated rings. The van der Waals surface area contributed by atoms with E-state index in [9.17, 15) is 13.2 Å².